The fraction of sp³-hybridized carbons (Fsp3) is 0.588. The van der Waals surface area contributed by atoms with Gasteiger partial charge < -0.3 is 16.0 Å². The Bertz CT molecular complexity index is 479. The fourth-order valence-electron chi connectivity index (χ4n) is 3.21. The highest BCUT2D eigenvalue weighted by Crippen LogP contribution is 2.31. The van der Waals surface area contributed by atoms with Gasteiger partial charge in [0.1, 0.15) is 0 Å². The Labute approximate surface area is 127 Å². The SMILES string of the molecule is Cc1cccc(NC(=O)N(C)C2(CN)CCCCCC2)c1. The number of hydrogen-bond donors (Lipinski definition) is 2. The van der Waals surface area contributed by atoms with Crippen LogP contribution in [0.25, 0.3) is 0 Å². The number of urea groups is 1. The third-order valence-electron chi connectivity index (χ3n) is 4.70. The van der Waals surface area contributed by atoms with E-state index in [1.165, 1.54) is 12.8 Å². The lowest BCUT2D eigenvalue weighted by molar-refractivity contribution is 0.134. The van der Waals surface area contributed by atoms with Gasteiger partial charge in [0.2, 0.25) is 0 Å². The molecule has 116 valence electrons. The zero-order chi connectivity index (χ0) is 15.3. The minimum absolute atomic E-state index is 0.0621. The zero-order valence-electron chi connectivity index (χ0n) is 13.2. The molecule has 3 N–H and O–H groups in total. The van der Waals surface area contributed by atoms with Crippen LogP contribution in [0.2, 0.25) is 0 Å². The van der Waals surface area contributed by atoms with E-state index in [-0.39, 0.29) is 11.6 Å². The Morgan fingerprint density at radius 3 is 2.52 bits per heavy atom. The van der Waals surface area contributed by atoms with Gasteiger partial charge in [-0.3, -0.25) is 0 Å². The Hall–Kier alpha value is -1.55. The summed E-state index contributed by atoms with van der Waals surface area (Å²) in [5.74, 6) is 0. The van der Waals surface area contributed by atoms with Crippen LogP contribution in [0.4, 0.5) is 10.5 Å². The molecule has 1 saturated carbocycles. The van der Waals surface area contributed by atoms with Crippen LogP contribution in [0.15, 0.2) is 24.3 Å². The number of amides is 2. The fourth-order valence-corrected chi connectivity index (χ4v) is 3.21. The Morgan fingerprint density at radius 2 is 1.95 bits per heavy atom. The number of nitrogens with two attached hydrogens (primary N) is 1. The van der Waals surface area contributed by atoms with Crippen molar-refractivity contribution in [2.24, 2.45) is 5.73 Å². The Kier molecular flexibility index (Phi) is 5.23. The quantitative estimate of drug-likeness (QED) is 0.837. The van der Waals surface area contributed by atoms with Crippen molar-refractivity contribution in [3.63, 3.8) is 0 Å². The topological polar surface area (TPSA) is 58.4 Å². The van der Waals surface area contributed by atoms with Crippen molar-refractivity contribution in [3.05, 3.63) is 29.8 Å². The number of benzene rings is 1. The largest absolute Gasteiger partial charge is 0.328 e. The molecule has 2 amide bonds. The molecule has 0 unspecified atom stereocenters. The Morgan fingerprint density at radius 1 is 1.29 bits per heavy atom. The summed E-state index contributed by atoms with van der Waals surface area (Å²) in [6.45, 7) is 2.55. The molecule has 1 aromatic rings. The number of rotatable bonds is 3. The maximum atomic E-state index is 12.6. The molecule has 0 atom stereocenters. The van der Waals surface area contributed by atoms with Gasteiger partial charge in [0, 0.05) is 19.3 Å². The van der Waals surface area contributed by atoms with Gasteiger partial charge in [0.25, 0.3) is 0 Å². The highest BCUT2D eigenvalue weighted by Gasteiger charge is 2.36. The van der Waals surface area contributed by atoms with Crippen LogP contribution < -0.4 is 11.1 Å². The van der Waals surface area contributed by atoms with Gasteiger partial charge in [0.15, 0.2) is 0 Å². The predicted octanol–water partition coefficient (Wildman–Crippen LogP) is 3.51. The van der Waals surface area contributed by atoms with Crippen molar-refractivity contribution in [1.29, 1.82) is 0 Å². The van der Waals surface area contributed by atoms with Crippen LogP contribution in [0, 0.1) is 6.92 Å². The van der Waals surface area contributed by atoms with Gasteiger partial charge in [-0.15, -0.1) is 0 Å². The van der Waals surface area contributed by atoms with E-state index in [1.54, 1.807) is 0 Å². The molecule has 0 bridgehead atoms. The van der Waals surface area contributed by atoms with E-state index >= 15 is 0 Å². The third kappa shape index (κ3) is 3.76. The number of likely N-dealkylation sites (N-methyl/N-ethyl adjacent to an activating group) is 1. The van der Waals surface area contributed by atoms with E-state index in [4.69, 9.17) is 5.73 Å². The summed E-state index contributed by atoms with van der Waals surface area (Å²) >= 11 is 0. The minimum atomic E-state index is -0.190. The zero-order valence-corrected chi connectivity index (χ0v) is 13.2. The summed E-state index contributed by atoms with van der Waals surface area (Å²) in [6, 6.07) is 7.81. The van der Waals surface area contributed by atoms with Crippen molar-refractivity contribution < 1.29 is 4.79 Å². The second kappa shape index (κ2) is 6.94. The van der Waals surface area contributed by atoms with Gasteiger partial charge >= 0.3 is 6.03 Å². The summed E-state index contributed by atoms with van der Waals surface area (Å²) in [6.07, 6.45) is 6.80. The van der Waals surface area contributed by atoms with E-state index in [0.29, 0.717) is 6.54 Å². The molecule has 1 fully saturated rings. The average Bonchev–Trinajstić information content (AvgIpc) is 2.72. The number of hydrogen-bond acceptors (Lipinski definition) is 2. The number of anilines is 1. The standard InChI is InChI=1S/C17H27N3O/c1-14-8-7-9-15(12-14)19-16(21)20(2)17(13-18)10-5-3-4-6-11-17/h7-9,12H,3-6,10-11,13,18H2,1-2H3,(H,19,21). The monoisotopic (exact) mass is 289 g/mol. The van der Waals surface area contributed by atoms with Crippen molar-refractivity contribution in [1.82, 2.24) is 4.90 Å². The second-order valence-corrected chi connectivity index (χ2v) is 6.20. The van der Waals surface area contributed by atoms with E-state index in [1.807, 2.05) is 43.1 Å². The van der Waals surface area contributed by atoms with Gasteiger partial charge in [-0.25, -0.2) is 4.79 Å². The first-order chi connectivity index (χ1) is 10.1. The van der Waals surface area contributed by atoms with Crippen molar-refractivity contribution in [2.45, 2.75) is 51.0 Å². The van der Waals surface area contributed by atoms with E-state index in [9.17, 15) is 4.79 Å². The molecule has 0 aromatic heterocycles. The highest BCUT2D eigenvalue weighted by molar-refractivity contribution is 5.89. The van der Waals surface area contributed by atoms with Crippen LogP contribution in [0.5, 0.6) is 0 Å². The first kappa shape index (κ1) is 15.8. The molecule has 0 radical (unpaired) electrons. The molecular weight excluding hydrogens is 262 g/mol. The van der Waals surface area contributed by atoms with Crippen molar-refractivity contribution in [3.8, 4) is 0 Å². The van der Waals surface area contributed by atoms with Crippen molar-refractivity contribution in [2.75, 3.05) is 18.9 Å². The van der Waals surface area contributed by atoms with Gasteiger partial charge in [-0.1, -0.05) is 37.8 Å². The van der Waals surface area contributed by atoms with Crippen LogP contribution in [-0.2, 0) is 0 Å². The van der Waals surface area contributed by atoms with Crippen molar-refractivity contribution >= 4 is 11.7 Å². The normalized spacial score (nSPS) is 17.9. The molecule has 4 nitrogen and oxygen atoms in total. The number of carbonyl (C=O) groups is 1. The van der Waals surface area contributed by atoms with Crippen LogP contribution in [0.3, 0.4) is 0 Å². The van der Waals surface area contributed by atoms with Gasteiger partial charge in [-0.2, -0.15) is 0 Å². The highest BCUT2D eigenvalue weighted by atomic mass is 16.2. The predicted molar refractivity (Wildman–Crippen MR) is 87.4 cm³/mol. The summed E-state index contributed by atoms with van der Waals surface area (Å²) in [4.78, 5) is 14.4. The first-order valence-corrected chi connectivity index (χ1v) is 7.89. The van der Waals surface area contributed by atoms with Gasteiger partial charge in [-0.05, 0) is 37.5 Å². The summed E-state index contributed by atoms with van der Waals surface area (Å²) in [7, 11) is 1.88. The smallest absolute Gasteiger partial charge is 0.322 e. The summed E-state index contributed by atoms with van der Waals surface area (Å²) in [5.41, 5.74) is 7.83. The molecule has 0 heterocycles. The first-order valence-electron chi connectivity index (χ1n) is 7.89. The molecule has 0 saturated heterocycles. The molecule has 1 aromatic carbocycles. The second-order valence-electron chi connectivity index (χ2n) is 6.20. The van der Waals surface area contributed by atoms with E-state index in [0.717, 1.165) is 36.9 Å². The lowest BCUT2D eigenvalue weighted by atomic mass is 9.89. The molecular formula is C17H27N3O. The van der Waals surface area contributed by atoms with Crippen LogP contribution in [0.1, 0.15) is 44.1 Å². The minimum Gasteiger partial charge on any atom is -0.328 e. The lowest BCUT2D eigenvalue weighted by Gasteiger charge is -2.40. The molecule has 4 heteroatoms. The average molecular weight is 289 g/mol. The molecule has 0 aliphatic heterocycles. The maximum absolute atomic E-state index is 12.6. The van der Waals surface area contributed by atoms with Crippen LogP contribution >= 0.6 is 0 Å². The lowest BCUT2D eigenvalue weighted by Crippen LogP contribution is -2.55. The molecule has 21 heavy (non-hydrogen) atoms. The van der Waals surface area contributed by atoms with E-state index in [2.05, 4.69) is 5.32 Å². The summed E-state index contributed by atoms with van der Waals surface area (Å²) < 4.78 is 0. The number of nitrogens with one attached hydrogen (secondary N) is 1. The molecule has 2 rings (SSSR count). The number of nitrogens with zero attached hydrogens (tertiary/aromatic N) is 1. The Balaban J connectivity index is 2.09. The molecule has 0 spiro atoms. The molecule has 1 aliphatic carbocycles. The third-order valence-corrected chi connectivity index (χ3v) is 4.70. The van der Waals surface area contributed by atoms with Gasteiger partial charge in [0.05, 0.1) is 5.54 Å². The van der Waals surface area contributed by atoms with E-state index < -0.39 is 0 Å². The maximum Gasteiger partial charge on any atom is 0.322 e. The number of carbonyl (C=O) groups excluding carboxylic acids is 1. The molecule has 1 aliphatic rings. The summed E-state index contributed by atoms with van der Waals surface area (Å²) in [5, 5.41) is 2.99. The number of aryl methyl sites for hydroxylation is 1. The van der Waals surface area contributed by atoms with Crippen LogP contribution in [-0.4, -0.2) is 30.1 Å².